The Morgan fingerprint density at radius 3 is 2.46 bits per heavy atom. The Labute approximate surface area is 167 Å². The fourth-order valence-corrected chi connectivity index (χ4v) is 3.63. The topological polar surface area (TPSA) is 79.5 Å². The molecular formula is C17H20Cl2N4O2S. The van der Waals surface area contributed by atoms with Crippen molar-refractivity contribution in [3.63, 3.8) is 0 Å². The van der Waals surface area contributed by atoms with Crippen LogP contribution in [0.4, 0.5) is 0 Å². The van der Waals surface area contributed by atoms with Crippen LogP contribution in [0.2, 0.25) is 5.02 Å². The van der Waals surface area contributed by atoms with E-state index in [9.17, 15) is 9.59 Å². The highest BCUT2D eigenvalue weighted by molar-refractivity contribution is 7.09. The summed E-state index contributed by atoms with van der Waals surface area (Å²) in [7, 11) is 0. The third-order valence-electron chi connectivity index (χ3n) is 4.09. The van der Waals surface area contributed by atoms with Crippen molar-refractivity contribution in [3.05, 3.63) is 50.9 Å². The van der Waals surface area contributed by atoms with Gasteiger partial charge in [-0.25, -0.2) is 4.98 Å². The summed E-state index contributed by atoms with van der Waals surface area (Å²) in [5.74, 6) is -0.163. The van der Waals surface area contributed by atoms with Gasteiger partial charge in [-0.05, 0) is 24.6 Å². The first-order valence-corrected chi connectivity index (χ1v) is 9.33. The van der Waals surface area contributed by atoms with Gasteiger partial charge in [0.25, 0.3) is 11.8 Å². The molecule has 0 saturated carbocycles. The summed E-state index contributed by atoms with van der Waals surface area (Å²) in [5, 5.41) is 3.03. The van der Waals surface area contributed by atoms with Crippen molar-refractivity contribution in [2.75, 3.05) is 26.2 Å². The second-order valence-corrected chi connectivity index (χ2v) is 7.16. The van der Waals surface area contributed by atoms with Crippen LogP contribution in [0.5, 0.6) is 0 Å². The Balaban J connectivity index is 0.00000243. The zero-order chi connectivity index (χ0) is 17.8. The summed E-state index contributed by atoms with van der Waals surface area (Å²) in [6.07, 6.45) is 0.728. The quantitative estimate of drug-likeness (QED) is 0.836. The van der Waals surface area contributed by atoms with Crippen LogP contribution in [-0.4, -0.2) is 52.8 Å². The van der Waals surface area contributed by atoms with E-state index in [1.54, 1.807) is 39.4 Å². The first-order chi connectivity index (χ1) is 12.1. The maximum absolute atomic E-state index is 12.6. The molecule has 9 heteroatoms. The smallest absolute Gasteiger partial charge is 0.273 e. The van der Waals surface area contributed by atoms with E-state index in [1.807, 2.05) is 0 Å². The minimum atomic E-state index is -0.104. The molecule has 140 valence electrons. The predicted octanol–water partition coefficient (Wildman–Crippen LogP) is 2.67. The first-order valence-electron chi connectivity index (χ1n) is 8.07. The molecule has 1 fully saturated rings. The number of carbonyl (C=O) groups excluding carboxylic acids is 2. The third-order valence-corrected chi connectivity index (χ3v) is 5.19. The summed E-state index contributed by atoms with van der Waals surface area (Å²) in [5.41, 5.74) is 6.55. The highest BCUT2D eigenvalue weighted by Gasteiger charge is 2.24. The Hall–Kier alpha value is -1.67. The van der Waals surface area contributed by atoms with Gasteiger partial charge in [0.2, 0.25) is 0 Å². The number of nitrogens with zero attached hydrogens (tertiary/aromatic N) is 3. The van der Waals surface area contributed by atoms with Crippen molar-refractivity contribution < 1.29 is 9.59 Å². The van der Waals surface area contributed by atoms with E-state index < -0.39 is 0 Å². The van der Waals surface area contributed by atoms with Crippen LogP contribution in [-0.2, 0) is 6.54 Å². The maximum atomic E-state index is 12.6. The van der Waals surface area contributed by atoms with Gasteiger partial charge >= 0.3 is 0 Å². The molecule has 1 aromatic heterocycles. The molecule has 2 aromatic rings. The lowest BCUT2D eigenvalue weighted by Gasteiger charge is -2.22. The van der Waals surface area contributed by atoms with Gasteiger partial charge in [0.15, 0.2) is 0 Å². The van der Waals surface area contributed by atoms with Crippen LogP contribution in [0.15, 0.2) is 29.6 Å². The summed E-state index contributed by atoms with van der Waals surface area (Å²) in [6.45, 7) is 2.53. The average molecular weight is 415 g/mol. The summed E-state index contributed by atoms with van der Waals surface area (Å²) in [4.78, 5) is 33.0. The van der Waals surface area contributed by atoms with Crippen LogP contribution in [0, 0.1) is 0 Å². The van der Waals surface area contributed by atoms with E-state index in [2.05, 4.69) is 4.98 Å². The van der Waals surface area contributed by atoms with Crippen molar-refractivity contribution in [1.82, 2.24) is 14.8 Å². The Bertz CT molecular complexity index is 784. The fourth-order valence-electron chi connectivity index (χ4n) is 2.79. The van der Waals surface area contributed by atoms with Crippen LogP contribution >= 0.6 is 35.3 Å². The van der Waals surface area contributed by atoms with Gasteiger partial charge < -0.3 is 15.5 Å². The molecule has 6 nitrogen and oxygen atoms in total. The van der Waals surface area contributed by atoms with Crippen molar-refractivity contribution in [1.29, 1.82) is 0 Å². The molecule has 0 radical (unpaired) electrons. The van der Waals surface area contributed by atoms with E-state index in [0.717, 1.165) is 11.4 Å². The molecular weight excluding hydrogens is 395 g/mol. The summed E-state index contributed by atoms with van der Waals surface area (Å²) in [6, 6.07) is 6.93. The highest BCUT2D eigenvalue weighted by Crippen LogP contribution is 2.16. The standard InChI is InChI=1S/C17H19ClN4O2S.ClH/c18-13-4-1-3-12(9-13)16(23)21-5-2-6-22(8-7-21)17(24)14-11-25-15(10-19)20-14;/h1,3-4,9,11H,2,5-8,10,19H2;1H. The number of carbonyl (C=O) groups is 2. The number of nitrogens with two attached hydrogens (primary N) is 1. The molecule has 3 rings (SSSR count). The van der Waals surface area contributed by atoms with Crippen LogP contribution in [0.25, 0.3) is 0 Å². The number of hydrogen-bond donors (Lipinski definition) is 1. The summed E-state index contributed by atoms with van der Waals surface area (Å²) < 4.78 is 0. The molecule has 0 aliphatic carbocycles. The van der Waals surface area contributed by atoms with E-state index >= 15 is 0 Å². The second-order valence-electron chi connectivity index (χ2n) is 5.78. The van der Waals surface area contributed by atoms with Gasteiger partial charge in [-0.3, -0.25) is 9.59 Å². The highest BCUT2D eigenvalue weighted by atomic mass is 35.5. The van der Waals surface area contributed by atoms with Crippen molar-refractivity contribution >= 4 is 47.2 Å². The Morgan fingerprint density at radius 2 is 1.85 bits per heavy atom. The number of benzene rings is 1. The minimum Gasteiger partial charge on any atom is -0.337 e. The third kappa shape index (κ3) is 4.73. The molecule has 26 heavy (non-hydrogen) atoms. The molecule has 2 amide bonds. The van der Waals surface area contributed by atoms with E-state index in [1.165, 1.54) is 11.3 Å². The molecule has 2 heterocycles. The zero-order valence-corrected chi connectivity index (χ0v) is 16.4. The fraction of sp³-hybridized carbons (Fsp3) is 0.353. The first kappa shape index (κ1) is 20.6. The number of thiazole rings is 1. The molecule has 1 aliphatic heterocycles. The lowest BCUT2D eigenvalue weighted by atomic mass is 10.2. The molecule has 0 bridgehead atoms. The molecule has 1 aliphatic rings. The van der Waals surface area contributed by atoms with E-state index in [0.29, 0.717) is 49.0 Å². The minimum absolute atomic E-state index is 0. The second kappa shape index (κ2) is 9.32. The van der Waals surface area contributed by atoms with Crippen LogP contribution < -0.4 is 5.73 Å². The van der Waals surface area contributed by atoms with Gasteiger partial charge in [0, 0.05) is 48.7 Å². The molecule has 1 saturated heterocycles. The van der Waals surface area contributed by atoms with E-state index in [-0.39, 0.29) is 24.2 Å². The lowest BCUT2D eigenvalue weighted by Crippen LogP contribution is -2.37. The molecule has 0 spiro atoms. The van der Waals surface area contributed by atoms with E-state index in [4.69, 9.17) is 17.3 Å². The van der Waals surface area contributed by atoms with Gasteiger partial charge in [-0.15, -0.1) is 23.7 Å². The summed E-state index contributed by atoms with van der Waals surface area (Å²) >= 11 is 7.36. The lowest BCUT2D eigenvalue weighted by molar-refractivity contribution is 0.0716. The number of halogens is 2. The maximum Gasteiger partial charge on any atom is 0.273 e. The van der Waals surface area contributed by atoms with Gasteiger partial charge in [0.05, 0.1) is 0 Å². The average Bonchev–Trinajstić information content (AvgIpc) is 2.97. The number of rotatable bonds is 3. The number of amides is 2. The van der Waals surface area contributed by atoms with Crippen molar-refractivity contribution in [2.45, 2.75) is 13.0 Å². The van der Waals surface area contributed by atoms with Crippen molar-refractivity contribution in [2.24, 2.45) is 5.73 Å². The molecule has 0 unspecified atom stereocenters. The van der Waals surface area contributed by atoms with Gasteiger partial charge in [-0.1, -0.05) is 17.7 Å². The van der Waals surface area contributed by atoms with Gasteiger partial charge in [0.1, 0.15) is 10.7 Å². The zero-order valence-electron chi connectivity index (χ0n) is 14.1. The normalized spacial score (nSPS) is 14.5. The van der Waals surface area contributed by atoms with Gasteiger partial charge in [-0.2, -0.15) is 0 Å². The molecule has 1 aromatic carbocycles. The Kier molecular flexibility index (Phi) is 7.40. The SMILES string of the molecule is Cl.NCc1nc(C(=O)N2CCCN(C(=O)c3cccc(Cl)c3)CC2)cs1. The number of aromatic nitrogens is 1. The monoisotopic (exact) mass is 414 g/mol. The Morgan fingerprint density at radius 1 is 1.15 bits per heavy atom. The van der Waals surface area contributed by atoms with Crippen LogP contribution in [0.3, 0.4) is 0 Å². The predicted molar refractivity (Wildman–Crippen MR) is 105 cm³/mol. The van der Waals surface area contributed by atoms with Crippen molar-refractivity contribution in [3.8, 4) is 0 Å². The van der Waals surface area contributed by atoms with Crippen LogP contribution in [0.1, 0.15) is 32.3 Å². The largest absolute Gasteiger partial charge is 0.337 e. The molecule has 2 N–H and O–H groups in total. The number of hydrogen-bond acceptors (Lipinski definition) is 5. The molecule has 0 atom stereocenters.